The van der Waals surface area contributed by atoms with E-state index in [2.05, 4.69) is 10.5 Å². The number of hydrogen-bond donors (Lipinski definition) is 1. The summed E-state index contributed by atoms with van der Waals surface area (Å²) >= 11 is 0. The number of rotatable bonds is 4. The maximum Gasteiger partial charge on any atom is 0.408 e. The molecule has 1 aliphatic heterocycles. The van der Waals surface area contributed by atoms with Gasteiger partial charge in [0.05, 0.1) is 17.7 Å². The predicted octanol–water partition coefficient (Wildman–Crippen LogP) is 2.07. The Morgan fingerprint density at radius 3 is 2.32 bits per heavy atom. The Morgan fingerprint density at radius 2 is 1.75 bits per heavy atom. The van der Waals surface area contributed by atoms with Crippen molar-refractivity contribution in [3.05, 3.63) is 52.9 Å². The van der Waals surface area contributed by atoms with Crippen molar-refractivity contribution in [3.8, 4) is 0 Å². The van der Waals surface area contributed by atoms with E-state index in [1.165, 1.54) is 18.2 Å². The summed E-state index contributed by atoms with van der Waals surface area (Å²) in [6.45, 7) is 5.07. The fourth-order valence-electron chi connectivity index (χ4n) is 2.35. The molecule has 2 aromatic rings. The van der Waals surface area contributed by atoms with Gasteiger partial charge in [-0.15, -0.1) is 0 Å². The smallest absolute Gasteiger partial charge is 0.408 e. The second-order valence-electron chi connectivity index (χ2n) is 6.86. The van der Waals surface area contributed by atoms with E-state index in [1.807, 2.05) is 0 Å². The number of imide groups is 1. The van der Waals surface area contributed by atoms with Crippen LogP contribution in [0.4, 0.5) is 4.79 Å². The minimum absolute atomic E-state index is 0.0811. The van der Waals surface area contributed by atoms with Gasteiger partial charge < -0.3 is 19.4 Å². The third kappa shape index (κ3) is 4.00. The van der Waals surface area contributed by atoms with Gasteiger partial charge in [-0.2, -0.15) is 0 Å². The van der Waals surface area contributed by atoms with Gasteiger partial charge in [0.15, 0.2) is 11.5 Å². The molecule has 1 N–H and O–H groups in total. The van der Waals surface area contributed by atoms with E-state index >= 15 is 0 Å². The topological polar surface area (TPSA) is 128 Å². The first-order chi connectivity index (χ1) is 13.2. The minimum Gasteiger partial charge on any atom is -0.444 e. The Labute approximate surface area is 159 Å². The van der Waals surface area contributed by atoms with Crippen molar-refractivity contribution >= 4 is 23.9 Å². The zero-order valence-electron chi connectivity index (χ0n) is 15.3. The Bertz CT molecular complexity index is 923. The van der Waals surface area contributed by atoms with Gasteiger partial charge in [-0.25, -0.2) is 9.59 Å². The number of carbonyl (C=O) groups is 4. The van der Waals surface area contributed by atoms with Crippen LogP contribution in [0.1, 0.15) is 57.7 Å². The summed E-state index contributed by atoms with van der Waals surface area (Å²) < 4.78 is 10.0. The van der Waals surface area contributed by atoms with E-state index in [9.17, 15) is 19.2 Å². The van der Waals surface area contributed by atoms with E-state index in [-0.39, 0.29) is 29.1 Å². The molecule has 1 aromatic carbocycles. The lowest BCUT2D eigenvalue weighted by atomic mass is 10.1. The summed E-state index contributed by atoms with van der Waals surface area (Å²) in [6, 6.07) is 7.32. The van der Waals surface area contributed by atoms with Crippen LogP contribution in [-0.4, -0.2) is 39.7 Å². The molecule has 28 heavy (non-hydrogen) atoms. The van der Waals surface area contributed by atoms with Crippen molar-refractivity contribution in [2.45, 2.75) is 32.9 Å². The van der Waals surface area contributed by atoms with E-state index < -0.39 is 29.5 Å². The van der Waals surface area contributed by atoms with Crippen molar-refractivity contribution in [2.24, 2.45) is 0 Å². The highest BCUT2D eigenvalue weighted by molar-refractivity contribution is 6.21. The van der Waals surface area contributed by atoms with Gasteiger partial charge >= 0.3 is 12.1 Å². The number of ether oxygens (including phenoxy) is 1. The number of hydroxylamine groups is 2. The number of amides is 3. The molecule has 0 spiro atoms. The number of alkyl carbamates (subject to hydrolysis) is 1. The van der Waals surface area contributed by atoms with Crippen LogP contribution in [-0.2, 0) is 16.1 Å². The molecule has 0 unspecified atom stereocenters. The lowest BCUT2D eigenvalue weighted by Crippen LogP contribution is -2.32. The second-order valence-corrected chi connectivity index (χ2v) is 6.86. The third-order valence-corrected chi connectivity index (χ3v) is 3.50. The van der Waals surface area contributed by atoms with Crippen molar-refractivity contribution < 1.29 is 33.3 Å². The molecule has 2 heterocycles. The van der Waals surface area contributed by atoms with Crippen LogP contribution in [0.3, 0.4) is 0 Å². The lowest BCUT2D eigenvalue weighted by molar-refractivity contribution is -0.0590. The van der Waals surface area contributed by atoms with Gasteiger partial charge in [0.25, 0.3) is 11.8 Å². The first-order valence-corrected chi connectivity index (χ1v) is 8.28. The van der Waals surface area contributed by atoms with Gasteiger partial charge in [-0.1, -0.05) is 22.4 Å². The first kappa shape index (κ1) is 19.1. The maximum atomic E-state index is 12.2. The van der Waals surface area contributed by atoms with E-state index in [0.29, 0.717) is 5.06 Å². The quantitative estimate of drug-likeness (QED) is 0.790. The summed E-state index contributed by atoms with van der Waals surface area (Å²) in [5.74, 6) is -2.39. The lowest BCUT2D eigenvalue weighted by Gasteiger charge is -2.19. The molecule has 3 rings (SSSR count). The van der Waals surface area contributed by atoms with Crippen molar-refractivity contribution in [3.63, 3.8) is 0 Å². The Morgan fingerprint density at radius 1 is 1.14 bits per heavy atom. The third-order valence-electron chi connectivity index (χ3n) is 3.50. The van der Waals surface area contributed by atoms with Gasteiger partial charge in [-0.3, -0.25) is 9.59 Å². The van der Waals surface area contributed by atoms with Crippen LogP contribution >= 0.6 is 0 Å². The Kier molecular flexibility index (Phi) is 4.87. The largest absolute Gasteiger partial charge is 0.444 e. The molecule has 0 aliphatic carbocycles. The van der Waals surface area contributed by atoms with Crippen molar-refractivity contribution in [1.29, 1.82) is 0 Å². The average Bonchev–Trinajstić information content (AvgIpc) is 3.18. The number of carbonyl (C=O) groups excluding carboxylic acids is 4. The van der Waals surface area contributed by atoms with E-state index in [0.717, 1.165) is 0 Å². The molecule has 0 fully saturated rings. The molecule has 10 nitrogen and oxygen atoms in total. The molecule has 3 amide bonds. The summed E-state index contributed by atoms with van der Waals surface area (Å²) in [5, 5.41) is 6.34. The molecule has 0 radical (unpaired) electrons. The molecule has 0 saturated heterocycles. The minimum atomic E-state index is -1.05. The number of nitrogens with one attached hydrogen (secondary N) is 1. The number of aromatic nitrogens is 1. The zero-order valence-corrected chi connectivity index (χ0v) is 15.3. The Hall–Kier alpha value is -3.69. The fraction of sp³-hybridized carbons (Fsp3) is 0.278. The molecule has 1 aliphatic rings. The van der Waals surface area contributed by atoms with Gasteiger partial charge in [0, 0.05) is 6.07 Å². The summed E-state index contributed by atoms with van der Waals surface area (Å²) in [7, 11) is 0. The molecule has 10 heteroatoms. The molecular weight excluding hydrogens is 370 g/mol. The molecule has 0 bridgehead atoms. The highest BCUT2D eigenvalue weighted by atomic mass is 16.7. The fourth-order valence-corrected chi connectivity index (χ4v) is 2.35. The molecule has 146 valence electrons. The van der Waals surface area contributed by atoms with Crippen LogP contribution in [0.25, 0.3) is 0 Å². The highest BCUT2D eigenvalue weighted by Gasteiger charge is 2.39. The number of benzene rings is 1. The van der Waals surface area contributed by atoms with Gasteiger partial charge in [0.2, 0.25) is 0 Å². The molecular formula is C18H17N3O7. The van der Waals surface area contributed by atoms with Crippen LogP contribution in [0.5, 0.6) is 0 Å². The van der Waals surface area contributed by atoms with Crippen LogP contribution in [0.2, 0.25) is 0 Å². The standard InChI is InChI=1S/C18H17N3O7/c1-18(2,3)26-17(25)19-9-10-8-13(20-27-10)16(24)28-21-14(22)11-6-4-5-7-12(11)15(21)23/h4-8H,9H2,1-3H3,(H,19,25). The summed E-state index contributed by atoms with van der Waals surface area (Å²) in [6.07, 6.45) is -0.668. The average molecular weight is 387 g/mol. The van der Waals surface area contributed by atoms with Crippen LogP contribution in [0.15, 0.2) is 34.9 Å². The zero-order chi connectivity index (χ0) is 20.5. The number of fused-ring (bicyclic) bond motifs is 1. The van der Waals surface area contributed by atoms with Gasteiger partial charge in [-0.05, 0) is 32.9 Å². The van der Waals surface area contributed by atoms with Gasteiger partial charge in [0.1, 0.15) is 5.60 Å². The van der Waals surface area contributed by atoms with Crippen molar-refractivity contribution in [1.82, 2.24) is 15.5 Å². The monoisotopic (exact) mass is 387 g/mol. The summed E-state index contributed by atoms with van der Waals surface area (Å²) in [4.78, 5) is 53.0. The number of hydrogen-bond acceptors (Lipinski definition) is 8. The normalized spacial score (nSPS) is 13.3. The van der Waals surface area contributed by atoms with Crippen LogP contribution < -0.4 is 5.32 Å². The first-order valence-electron chi connectivity index (χ1n) is 8.28. The van der Waals surface area contributed by atoms with Crippen LogP contribution in [0, 0.1) is 0 Å². The van der Waals surface area contributed by atoms with E-state index in [1.54, 1.807) is 32.9 Å². The Balaban J connectivity index is 1.60. The highest BCUT2D eigenvalue weighted by Crippen LogP contribution is 2.23. The summed E-state index contributed by atoms with van der Waals surface area (Å²) in [5.41, 5.74) is -0.643. The predicted molar refractivity (Wildman–Crippen MR) is 91.9 cm³/mol. The van der Waals surface area contributed by atoms with E-state index in [4.69, 9.17) is 14.1 Å². The number of nitrogens with zero attached hydrogens (tertiary/aromatic N) is 2. The SMILES string of the molecule is CC(C)(C)OC(=O)NCc1cc(C(=O)ON2C(=O)c3ccccc3C2=O)no1. The second kappa shape index (κ2) is 7.14. The molecule has 0 saturated carbocycles. The van der Waals surface area contributed by atoms with Crippen molar-refractivity contribution in [2.75, 3.05) is 0 Å². The molecule has 0 atom stereocenters. The maximum absolute atomic E-state index is 12.2. The molecule has 1 aromatic heterocycles.